The molecule has 0 saturated carbocycles. The maximum atomic E-state index is 12.4. The molecule has 0 amide bonds. The summed E-state index contributed by atoms with van der Waals surface area (Å²) >= 11 is 0. The van der Waals surface area contributed by atoms with Gasteiger partial charge in [-0.15, -0.1) is 0 Å². The Morgan fingerprint density at radius 3 is 2.29 bits per heavy atom. The van der Waals surface area contributed by atoms with Gasteiger partial charge in [-0.3, -0.25) is 9.63 Å². The number of hydrogen-bond donors (Lipinski definition) is 2. The van der Waals surface area contributed by atoms with Gasteiger partial charge in [0.2, 0.25) is 0 Å². The lowest BCUT2D eigenvalue weighted by Crippen LogP contribution is -2.24. The predicted molar refractivity (Wildman–Crippen MR) is 117 cm³/mol. The number of hydrogen-bond acceptors (Lipinski definition) is 4. The third-order valence-electron chi connectivity index (χ3n) is 5.01. The average Bonchev–Trinajstić information content (AvgIpc) is 2.73. The van der Waals surface area contributed by atoms with Crippen LogP contribution in [0.3, 0.4) is 0 Å². The van der Waals surface area contributed by atoms with Gasteiger partial charge in [-0.2, -0.15) is 0 Å². The highest BCUT2D eigenvalue weighted by atomic mass is 16.6. The van der Waals surface area contributed by atoms with Crippen LogP contribution in [0.25, 0.3) is 0 Å². The Labute approximate surface area is 170 Å². The zero-order chi connectivity index (χ0) is 19.5. The van der Waals surface area contributed by atoms with Crippen molar-refractivity contribution in [2.45, 2.75) is 47.1 Å². The molecule has 2 rings (SSSR count). The van der Waals surface area contributed by atoms with Crippen molar-refractivity contribution in [2.24, 2.45) is 17.6 Å². The van der Waals surface area contributed by atoms with Gasteiger partial charge in [-0.25, -0.2) is 5.48 Å². The van der Waals surface area contributed by atoms with Gasteiger partial charge in [-0.05, 0) is 36.8 Å². The molecule has 0 saturated heterocycles. The molecule has 0 aliphatic carbocycles. The van der Waals surface area contributed by atoms with Gasteiger partial charge >= 0.3 is 0 Å². The van der Waals surface area contributed by atoms with E-state index < -0.39 is 0 Å². The quantitative estimate of drug-likeness (QED) is 0.308. The lowest BCUT2D eigenvalue weighted by Gasteiger charge is -2.17. The SMILES string of the molecule is C.CCC(CCC(C)CN)CNOCc1ccc(C(=O)c2ccccc2)cc1. The number of nitrogens with two attached hydrogens (primary N) is 1. The maximum Gasteiger partial charge on any atom is 0.193 e. The number of ketones is 1. The molecule has 154 valence electrons. The van der Waals surface area contributed by atoms with Gasteiger partial charge in [-0.1, -0.05) is 82.3 Å². The molecule has 4 nitrogen and oxygen atoms in total. The summed E-state index contributed by atoms with van der Waals surface area (Å²) < 4.78 is 0. The third-order valence-corrected chi connectivity index (χ3v) is 5.01. The van der Waals surface area contributed by atoms with Crippen LogP contribution >= 0.6 is 0 Å². The second-order valence-corrected chi connectivity index (χ2v) is 7.22. The first-order chi connectivity index (χ1) is 13.1. The molecule has 28 heavy (non-hydrogen) atoms. The molecule has 0 bridgehead atoms. The van der Waals surface area contributed by atoms with Crippen LogP contribution in [-0.4, -0.2) is 18.9 Å². The molecule has 0 aliphatic rings. The minimum absolute atomic E-state index is 0. The standard InChI is InChI=1S/C23H32N2O2.CH4/c1-3-19(10-9-18(2)15-24)16-25-27-17-20-11-13-22(14-12-20)23(26)21-7-5-4-6-8-21;/h4-8,11-14,18-19,25H,3,9-10,15-17,24H2,1-2H3;1H4. The summed E-state index contributed by atoms with van der Waals surface area (Å²) in [6.45, 7) is 6.49. The monoisotopic (exact) mass is 384 g/mol. The molecule has 2 aromatic rings. The van der Waals surface area contributed by atoms with Crippen molar-refractivity contribution < 1.29 is 9.63 Å². The number of nitrogens with one attached hydrogen (secondary N) is 1. The summed E-state index contributed by atoms with van der Waals surface area (Å²) in [6.07, 6.45) is 3.46. The lowest BCUT2D eigenvalue weighted by atomic mass is 9.95. The molecule has 2 unspecified atom stereocenters. The highest BCUT2D eigenvalue weighted by Crippen LogP contribution is 2.15. The molecular weight excluding hydrogens is 348 g/mol. The van der Waals surface area contributed by atoms with E-state index in [0.717, 1.165) is 31.5 Å². The molecule has 0 aliphatic heterocycles. The zero-order valence-electron chi connectivity index (χ0n) is 16.5. The van der Waals surface area contributed by atoms with Gasteiger partial charge in [0.05, 0.1) is 6.61 Å². The van der Waals surface area contributed by atoms with E-state index in [2.05, 4.69) is 19.3 Å². The van der Waals surface area contributed by atoms with Crippen molar-refractivity contribution in [3.05, 3.63) is 71.3 Å². The summed E-state index contributed by atoms with van der Waals surface area (Å²) in [4.78, 5) is 18.0. The lowest BCUT2D eigenvalue weighted by molar-refractivity contribution is 0.0181. The van der Waals surface area contributed by atoms with Crippen LogP contribution in [0.1, 0.15) is 62.0 Å². The van der Waals surface area contributed by atoms with Gasteiger partial charge in [0, 0.05) is 17.7 Å². The zero-order valence-corrected chi connectivity index (χ0v) is 16.5. The summed E-state index contributed by atoms with van der Waals surface area (Å²) in [6, 6.07) is 16.9. The highest BCUT2D eigenvalue weighted by Gasteiger charge is 2.10. The fraction of sp³-hybridized carbons (Fsp3) is 0.458. The first-order valence-electron chi connectivity index (χ1n) is 9.87. The van der Waals surface area contributed by atoms with Crippen LogP contribution < -0.4 is 11.2 Å². The molecule has 0 spiro atoms. The van der Waals surface area contributed by atoms with E-state index in [1.807, 2.05) is 54.6 Å². The number of carbonyl (C=O) groups is 1. The molecule has 0 radical (unpaired) electrons. The fourth-order valence-electron chi connectivity index (χ4n) is 2.91. The predicted octanol–water partition coefficient (Wildman–Crippen LogP) is 4.98. The molecule has 2 atom stereocenters. The summed E-state index contributed by atoms with van der Waals surface area (Å²) in [5.74, 6) is 1.22. The first-order valence-corrected chi connectivity index (χ1v) is 9.87. The van der Waals surface area contributed by atoms with Crippen LogP contribution in [-0.2, 0) is 11.4 Å². The number of carbonyl (C=O) groups excluding carboxylic acids is 1. The van der Waals surface area contributed by atoms with Crippen molar-refractivity contribution in [1.29, 1.82) is 0 Å². The Morgan fingerprint density at radius 1 is 1.04 bits per heavy atom. The van der Waals surface area contributed by atoms with Gasteiger partial charge < -0.3 is 5.73 Å². The van der Waals surface area contributed by atoms with E-state index in [1.54, 1.807) is 0 Å². The smallest absolute Gasteiger partial charge is 0.193 e. The molecule has 0 fully saturated rings. The van der Waals surface area contributed by atoms with Crippen LogP contribution in [0.5, 0.6) is 0 Å². The minimum atomic E-state index is 0. The largest absolute Gasteiger partial charge is 0.330 e. The minimum Gasteiger partial charge on any atom is -0.330 e. The molecule has 3 N–H and O–H groups in total. The molecule has 4 heteroatoms. The topological polar surface area (TPSA) is 64.3 Å². The second-order valence-electron chi connectivity index (χ2n) is 7.22. The van der Waals surface area contributed by atoms with E-state index in [0.29, 0.717) is 29.6 Å². The Morgan fingerprint density at radius 2 is 1.68 bits per heavy atom. The Bertz CT molecular complexity index is 671. The Kier molecular flexibility index (Phi) is 11.3. The van der Waals surface area contributed by atoms with Crippen molar-refractivity contribution >= 4 is 5.78 Å². The van der Waals surface area contributed by atoms with E-state index in [1.165, 1.54) is 6.42 Å². The third kappa shape index (κ3) is 7.93. The van der Waals surface area contributed by atoms with Crippen molar-refractivity contribution in [1.82, 2.24) is 5.48 Å². The van der Waals surface area contributed by atoms with Gasteiger partial charge in [0.25, 0.3) is 0 Å². The van der Waals surface area contributed by atoms with Gasteiger partial charge in [0.15, 0.2) is 5.78 Å². The number of rotatable bonds is 12. The first kappa shape index (κ1) is 24.0. The van der Waals surface area contributed by atoms with E-state index in [-0.39, 0.29) is 13.2 Å². The maximum absolute atomic E-state index is 12.4. The van der Waals surface area contributed by atoms with Crippen molar-refractivity contribution in [3.63, 3.8) is 0 Å². The van der Waals surface area contributed by atoms with Crippen LogP contribution in [0.2, 0.25) is 0 Å². The van der Waals surface area contributed by atoms with Crippen molar-refractivity contribution in [3.8, 4) is 0 Å². The molecule has 0 heterocycles. The van der Waals surface area contributed by atoms with Crippen LogP contribution in [0, 0.1) is 11.8 Å². The number of hydroxylamine groups is 1. The summed E-state index contributed by atoms with van der Waals surface area (Å²) in [5.41, 5.74) is 11.2. The average molecular weight is 385 g/mol. The highest BCUT2D eigenvalue weighted by molar-refractivity contribution is 6.08. The molecule has 2 aromatic carbocycles. The Balaban J connectivity index is 0.00000392. The molecule has 0 aromatic heterocycles. The van der Waals surface area contributed by atoms with Gasteiger partial charge in [0.1, 0.15) is 0 Å². The van der Waals surface area contributed by atoms with Crippen molar-refractivity contribution in [2.75, 3.05) is 13.1 Å². The summed E-state index contributed by atoms with van der Waals surface area (Å²) in [7, 11) is 0. The summed E-state index contributed by atoms with van der Waals surface area (Å²) in [5, 5.41) is 0. The van der Waals surface area contributed by atoms with Crippen LogP contribution in [0.15, 0.2) is 54.6 Å². The Hall–Kier alpha value is -2.01. The van der Waals surface area contributed by atoms with E-state index in [9.17, 15) is 4.79 Å². The van der Waals surface area contributed by atoms with E-state index in [4.69, 9.17) is 10.6 Å². The molecular formula is C24H36N2O2. The number of benzene rings is 2. The second kappa shape index (κ2) is 13.2. The van der Waals surface area contributed by atoms with E-state index >= 15 is 0 Å². The fourth-order valence-corrected chi connectivity index (χ4v) is 2.91. The normalized spacial score (nSPS) is 12.8. The van der Waals surface area contributed by atoms with Crippen LogP contribution in [0.4, 0.5) is 0 Å².